The Morgan fingerprint density at radius 2 is 2.06 bits per heavy atom. The van der Waals surface area contributed by atoms with Gasteiger partial charge in [0, 0.05) is 30.3 Å². The molecule has 4 rings (SSSR count). The summed E-state index contributed by atoms with van der Waals surface area (Å²) in [5.74, 6) is 2.14. The van der Waals surface area contributed by atoms with Crippen molar-refractivity contribution in [1.29, 1.82) is 10.7 Å². The summed E-state index contributed by atoms with van der Waals surface area (Å²) in [6, 6.07) is 16.6. The highest BCUT2D eigenvalue weighted by molar-refractivity contribution is 14.1. The molecule has 0 fully saturated rings. The highest BCUT2D eigenvalue weighted by atomic mass is 127. The normalized spacial score (nSPS) is 12.8. The number of carbonyl (C=O) groups is 1. The van der Waals surface area contributed by atoms with Gasteiger partial charge in [-0.3, -0.25) is 5.41 Å². The van der Waals surface area contributed by atoms with Crippen molar-refractivity contribution in [2.24, 2.45) is 0 Å². The van der Waals surface area contributed by atoms with E-state index in [2.05, 4.69) is 45.7 Å². The first-order valence-electron chi connectivity index (χ1n) is 10.7. The van der Waals surface area contributed by atoms with E-state index in [1.54, 1.807) is 36.5 Å². The number of halogens is 1. The number of nitriles is 1. The number of fused-ring (bicyclic) bond motifs is 1. The maximum absolute atomic E-state index is 13.1. The standard InChI is InChI=1S/C26H23IN5O2/c1-26(2,15-28)17-6-4-5-16(13-17)25(33)32(3)21-9-7-18(14-20(21)27)34-22-11-12-30-24-19(22)8-10-23(29)31-24/h4-7,9,11-14H,3,8,10H2,1-2H3,(H2,29,30,31)/q+1. The molecule has 3 aromatic rings. The molecule has 8 heteroatoms. The zero-order chi connectivity index (χ0) is 24.5. The molecular weight excluding hydrogens is 541 g/mol. The summed E-state index contributed by atoms with van der Waals surface area (Å²) in [4.78, 5) is 17.4. The van der Waals surface area contributed by atoms with Gasteiger partial charge >= 0.3 is 5.91 Å². The number of amidine groups is 1. The van der Waals surface area contributed by atoms with Gasteiger partial charge in [0.15, 0.2) is 0 Å². The van der Waals surface area contributed by atoms with Crippen molar-refractivity contribution in [3.8, 4) is 17.6 Å². The van der Waals surface area contributed by atoms with Crippen LogP contribution < -0.4 is 10.1 Å². The number of ether oxygens (including phenoxy) is 1. The number of aromatic nitrogens is 1. The molecule has 2 heterocycles. The minimum atomic E-state index is -0.697. The SMILES string of the molecule is C=[N+](C(=O)c1cccc(C(C)(C)C#N)c1)c1ccc(Oc2ccnc3c2CCC(=N)N3)cc1I. The van der Waals surface area contributed by atoms with Crippen LogP contribution in [0.2, 0.25) is 0 Å². The number of amides is 1. The molecule has 2 aromatic carbocycles. The molecule has 0 saturated carbocycles. The predicted octanol–water partition coefficient (Wildman–Crippen LogP) is 5.80. The van der Waals surface area contributed by atoms with Crippen molar-refractivity contribution in [2.75, 3.05) is 5.32 Å². The summed E-state index contributed by atoms with van der Waals surface area (Å²) in [5.41, 5.74) is 2.13. The summed E-state index contributed by atoms with van der Waals surface area (Å²) in [7, 11) is 0. The summed E-state index contributed by atoms with van der Waals surface area (Å²) in [6.45, 7) is 7.61. The fourth-order valence-electron chi connectivity index (χ4n) is 3.64. The van der Waals surface area contributed by atoms with Crippen molar-refractivity contribution in [3.63, 3.8) is 0 Å². The number of nitrogens with one attached hydrogen (secondary N) is 2. The lowest BCUT2D eigenvalue weighted by Crippen LogP contribution is -2.19. The second-order valence-electron chi connectivity index (χ2n) is 8.51. The van der Waals surface area contributed by atoms with Crippen molar-refractivity contribution >= 4 is 52.6 Å². The maximum atomic E-state index is 13.1. The number of benzene rings is 2. The van der Waals surface area contributed by atoms with E-state index in [1.165, 1.54) is 4.58 Å². The third kappa shape index (κ3) is 4.70. The molecule has 0 spiro atoms. The van der Waals surface area contributed by atoms with Crippen molar-refractivity contribution in [2.45, 2.75) is 32.1 Å². The van der Waals surface area contributed by atoms with E-state index >= 15 is 0 Å². The van der Waals surface area contributed by atoms with Gasteiger partial charge in [0.1, 0.15) is 24.0 Å². The Morgan fingerprint density at radius 1 is 1.26 bits per heavy atom. The van der Waals surface area contributed by atoms with Crippen molar-refractivity contribution < 1.29 is 14.1 Å². The van der Waals surface area contributed by atoms with Crippen LogP contribution in [-0.4, -0.2) is 28.0 Å². The molecule has 34 heavy (non-hydrogen) atoms. The van der Waals surface area contributed by atoms with Crippen LogP contribution >= 0.6 is 22.6 Å². The molecule has 1 amide bonds. The van der Waals surface area contributed by atoms with E-state index in [9.17, 15) is 10.1 Å². The van der Waals surface area contributed by atoms with Gasteiger partial charge in [0.25, 0.3) is 0 Å². The van der Waals surface area contributed by atoms with E-state index in [-0.39, 0.29) is 5.91 Å². The smallest absolute Gasteiger partial charge is 0.424 e. The van der Waals surface area contributed by atoms with Crippen LogP contribution in [0.15, 0.2) is 54.7 Å². The van der Waals surface area contributed by atoms with E-state index in [1.807, 2.05) is 32.0 Å². The van der Waals surface area contributed by atoms with Gasteiger partial charge in [-0.15, -0.1) is 4.58 Å². The number of pyridine rings is 1. The highest BCUT2D eigenvalue weighted by Crippen LogP contribution is 2.35. The Hall–Kier alpha value is -3.58. The largest absolute Gasteiger partial charge is 0.457 e. The number of carbonyl (C=O) groups excluding carboxylic acids is 1. The zero-order valence-electron chi connectivity index (χ0n) is 18.9. The molecule has 7 nitrogen and oxygen atoms in total. The average molecular weight is 564 g/mol. The Kier molecular flexibility index (Phi) is 6.48. The van der Waals surface area contributed by atoms with Gasteiger partial charge in [-0.05, 0) is 72.7 Å². The van der Waals surface area contributed by atoms with Crippen molar-refractivity contribution in [1.82, 2.24) is 4.98 Å². The van der Waals surface area contributed by atoms with Crippen LogP contribution in [0.25, 0.3) is 0 Å². The molecule has 0 saturated heterocycles. The fourth-order valence-corrected chi connectivity index (χ4v) is 4.42. The second-order valence-corrected chi connectivity index (χ2v) is 9.67. The van der Waals surface area contributed by atoms with Crippen LogP contribution in [0.1, 0.15) is 41.8 Å². The summed E-state index contributed by atoms with van der Waals surface area (Å²) >= 11 is 2.16. The zero-order valence-corrected chi connectivity index (χ0v) is 21.0. The topological polar surface area (TPSA) is 102 Å². The number of nitrogens with zero attached hydrogens (tertiary/aromatic N) is 3. The van der Waals surface area contributed by atoms with Gasteiger partial charge in [-0.1, -0.05) is 12.1 Å². The lowest BCUT2D eigenvalue weighted by Gasteiger charge is -2.20. The third-order valence-corrected chi connectivity index (χ3v) is 6.56. The second kappa shape index (κ2) is 9.35. The molecule has 170 valence electrons. The summed E-state index contributed by atoms with van der Waals surface area (Å²) in [6.07, 6.45) is 2.94. The minimum Gasteiger partial charge on any atom is -0.457 e. The third-order valence-electron chi connectivity index (χ3n) is 5.70. The van der Waals surface area contributed by atoms with Crippen LogP contribution in [-0.2, 0) is 11.8 Å². The molecule has 1 aliphatic heterocycles. The first-order chi connectivity index (χ1) is 16.2. The number of anilines is 1. The fraction of sp³-hybridized carbons (Fsp3) is 0.192. The van der Waals surface area contributed by atoms with E-state index < -0.39 is 5.41 Å². The monoisotopic (exact) mass is 564 g/mol. The number of hydrogen-bond donors (Lipinski definition) is 2. The van der Waals surface area contributed by atoms with E-state index in [4.69, 9.17) is 10.1 Å². The minimum absolute atomic E-state index is 0.265. The van der Waals surface area contributed by atoms with Crippen LogP contribution in [0.3, 0.4) is 0 Å². The Bertz CT molecular complexity index is 1370. The molecule has 0 unspecified atom stereocenters. The Labute approximate surface area is 211 Å². The first-order valence-corrected chi connectivity index (χ1v) is 11.7. The molecule has 1 aliphatic rings. The predicted molar refractivity (Wildman–Crippen MR) is 140 cm³/mol. The Morgan fingerprint density at radius 3 is 2.79 bits per heavy atom. The maximum Gasteiger partial charge on any atom is 0.424 e. The number of rotatable bonds is 5. The summed E-state index contributed by atoms with van der Waals surface area (Å²) in [5, 5.41) is 20.2. The van der Waals surface area contributed by atoms with Crippen molar-refractivity contribution in [3.05, 3.63) is 75.0 Å². The molecule has 0 aliphatic carbocycles. The van der Waals surface area contributed by atoms with Gasteiger partial charge in [-0.25, -0.2) is 9.78 Å². The molecule has 0 bridgehead atoms. The molecule has 1 aromatic heterocycles. The molecular formula is C26H23IN5O2+. The average Bonchev–Trinajstić information content (AvgIpc) is 2.83. The highest BCUT2D eigenvalue weighted by Gasteiger charge is 2.27. The quantitative estimate of drug-likeness (QED) is 0.232. The molecule has 0 radical (unpaired) electrons. The van der Waals surface area contributed by atoms with Gasteiger partial charge in [0.2, 0.25) is 5.69 Å². The lowest BCUT2D eigenvalue weighted by atomic mass is 9.85. The van der Waals surface area contributed by atoms with Gasteiger partial charge in [0.05, 0.1) is 26.5 Å². The van der Waals surface area contributed by atoms with E-state index in [0.717, 1.165) is 14.7 Å². The van der Waals surface area contributed by atoms with Gasteiger partial charge in [-0.2, -0.15) is 5.26 Å². The molecule has 2 N–H and O–H groups in total. The summed E-state index contributed by atoms with van der Waals surface area (Å²) < 4.78 is 8.28. The number of hydrogen-bond acceptors (Lipinski definition) is 5. The van der Waals surface area contributed by atoms with Crippen LogP contribution in [0, 0.1) is 20.3 Å². The first kappa shape index (κ1) is 23.6. The van der Waals surface area contributed by atoms with Gasteiger partial charge < -0.3 is 10.1 Å². The van der Waals surface area contributed by atoms with E-state index in [0.29, 0.717) is 47.2 Å². The van der Waals surface area contributed by atoms with Crippen LogP contribution in [0.5, 0.6) is 11.5 Å². The lowest BCUT2D eigenvalue weighted by molar-refractivity contribution is -0.325. The van der Waals surface area contributed by atoms with Crippen LogP contribution in [0.4, 0.5) is 11.5 Å². The molecule has 0 atom stereocenters. The Balaban J connectivity index is 1.56.